The minimum Gasteiger partial charge on any atom is -0.423 e. The molecule has 1 aromatic rings. The zero-order valence-electron chi connectivity index (χ0n) is 6.18. The van der Waals surface area contributed by atoms with Crippen molar-refractivity contribution >= 4 is 23.0 Å². The van der Waals surface area contributed by atoms with Crippen molar-refractivity contribution < 1.29 is 3.07 Å². The first-order valence-electron chi connectivity index (χ1n) is 3.21. The summed E-state index contributed by atoms with van der Waals surface area (Å²) in [4.78, 5) is 21.7. The van der Waals surface area contributed by atoms with E-state index in [2.05, 4.69) is 0 Å². The molecule has 0 radical (unpaired) electrons. The lowest BCUT2D eigenvalue weighted by Crippen LogP contribution is -2.36. The molecule has 60 valence electrons. The molecule has 0 spiro atoms. The predicted molar refractivity (Wildman–Crippen MR) is 50.1 cm³/mol. The van der Waals surface area contributed by atoms with Crippen LogP contribution < -0.4 is 13.9 Å². The second-order valence-electron chi connectivity index (χ2n) is 2.63. The molecule has 0 unspecified atom stereocenters. The first-order chi connectivity index (χ1) is 5.09. The Hall–Kier alpha value is -0.390. The van der Waals surface area contributed by atoms with Gasteiger partial charge in [0, 0.05) is 0 Å². The van der Waals surface area contributed by atoms with E-state index in [0.29, 0.717) is 5.56 Å². The van der Waals surface area contributed by atoms with Gasteiger partial charge >= 0.3 is 0 Å². The van der Waals surface area contributed by atoms with Gasteiger partial charge in [-0.05, 0) is 5.92 Å². The average Bonchev–Trinajstić information content (AvgIpc) is 1.96. The van der Waals surface area contributed by atoms with Gasteiger partial charge < -0.3 is 3.07 Å². The van der Waals surface area contributed by atoms with Gasteiger partial charge in [0.05, 0.1) is 5.56 Å². The molecule has 0 heterocycles. The van der Waals surface area contributed by atoms with Crippen molar-refractivity contribution in [1.82, 2.24) is 0 Å². The minimum atomic E-state index is -0.497. The van der Waals surface area contributed by atoms with Crippen LogP contribution in [-0.2, 0) is 0 Å². The van der Waals surface area contributed by atoms with Gasteiger partial charge in [-0.1, -0.05) is 13.8 Å². The molecule has 0 aliphatic carbocycles. The van der Waals surface area contributed by atoms with E-state index < -0.39 is 10.9 Å². The molecule has 0 bridgehead atoms. The van der Waals surface area contributed by atoms with E-state index in [0.717, 1.165) is 0 Å². The second-order valence-corrected chi connectivity index (χ2v) is 3.07. The summed E-state index contributed by atoms with van der Waals surface area (Å²) in [5, 5.41) is 0. The Labute approximate surface area is 77.8 Å². The van der Waals surface area contributed by atoms with Gasteiger partial charge in [-0.25, -0.2) is 0 Å². The quantitative estimate of drug-likeness (QED) is 0.595. The second kappa shape index (κ2) is 2.92. The third-order valence-corrected chi connectivity index (χ3v) is 2.00. The molecular formula is C7H7IO3. The highest BCUT2D eigenvalue weighted by atomic mass is 127. The fourth-order valence-corrected chi connectivity index (χ4v) is 1.43. The third-order valence-electron chi connectivity index (χ3n) is 1.56. The van der Waals surface area contributed by atoms with Crippen LogP contribution in [0.1, 0.15) is 25.3 Å². The van der Waals surface area contributed by atoms with Crippen molar-refractivity contribution in [3.8, 4) is 5.75 Å². The first-order valence-corrected chi connectivity index (χ1v) is 4.09. The SMILES string of the molecule is CC(C)c1c(OI)c(=O)c1=O. The summed E-state index contributed by atoms with van der Waals surface area (Å²) in [6.07, 6.45) is 0. The third kappa shape index (κ3) is 1.19. The monoisotopic (exact) mass is 266 g/mol. The van der Waals surface area contributed by atoms with Gasteiger partial charge in [0.25, 0.3) is 5.43 Å². The smallest absolute Gasteiger partial charge is 0.269 e. The lowest BCUT2D eigenvalue weighted by Gasteiger charge is -2.09. The van der Waals surface area contributed by atoms with E-state index in [1.165, 1.54) is 0 Å². The largest absolute Gasteiger partial charge is 0.423 e. The molecule has 0 atom stereocenters. The van der Waals surface area contributed by atoms with Crippen LogP contribution in [0.2, 0.25) is 0 Å². The van der Waals surface area contributed by atoms with Crippen molar-refractivity contribution in [2.24, 2.45) is 0 Å². The Kier molecular flexibility index (Phi) is 2.31. The van der Waals surface area contributed by atoms with E-state index in [-0.39, 0.29) is 11.7 Å². The van der Waals surface area contributed by atoms with Crippen LogP contribution in [0.4, 0.5) is 0 Å². The van der Waals surface area contributed by atoms with Crippen LogP contribution in [0.3, 0.4) is 0 Å². The maximum absolute atomic E-state index is 10.9. The molecule has 0 aliphatic heterocycles. The van der Waals surface area contributed by atoms with Crippen molar-refractivity contribution in [2.45, 2.75) is 19.8 Å². The molecule has 0 amide bonds. The van der Waals surface area contributed by atoms with Crippen molar-refractivity contribution in [3.63, 3.8) is 0 Å². The number of hydrogen-bond acceptors (Lipinski definition) is 3. The van der Waals surface area contributed by atoms with Crippen molar-refractivity contribution in [3.05, 3.63) is 26.0 Å². The zero-order chi connectivity index (χ0) is 8.59. The molecule has 4 heteroatoms. The van der Waals surface area contributed by atoms with E-state index in [1.807, 2.05) is 13.8 Å². The van der Waals surface area contributed by atoms with Crippen LogP contribution >= 0.6 is 23.0 Å². The summed E-state index contributed by atoms with van der Waals surface area (Å²) in [5.74, 6) is 0.301. The van der Waals surface area contributed by atoms with Crippen LogP contribution in [0.15, 0.2) is 9.59 Å². The summed E-state index contributed by atoms with van der Waals surface area (Å²) < 4.78 is 4.72. The zero-order valence-corrected chi connectivity index (χ0v) is 8.34. The highest BCUT2D eigenvalue weighted by Gasteiger charge is 2.24. The highest BCUT2D eigenvalue weighted by Crippen LogP contribution is 2.21. The molecule has 11 heavy (non-hydrogen) atoms. The van der Waals surface area contributed by atoms with Crippen LogP contribution in [-0.4, -0.2) is 0 Å². The maximum atomic E-state index is 10.9. The Morgan fingerprint density at radius 1 is 1.27 bits per heavy atom. The Bertz CT molecular complexity index is 333. The molecule has 3 nitrogen and oxygen atoms in total. The summed E-state index contributed by atoms with van der Waals surface area (Å²) in [6, 6.07) is 0. The molecular weight excluding hydrogens is 259 g/mol. The van der Waals surface area contributed by atoms with Gasteiger partial charge in [0.1, 0.15) is 0 Å². The van der Waals surface area contributed by atoms with Crippen molar-refractivity contribution in [1.29, 1.82) is 0 Å². The molecule has 0 N–H and O–H groups in total. The molecule has 0 saturated carbocycles. The molecule has 0 aromatic heterocycles. The van der Waals surface area contributed by atoms with E-state index >= 15 is 0 Å². The molecule has 0 aliphatic rings. The van der Waals surface area contributed by atoms with Crippen LogP contribution in [0.25, 0.3) is 0 Å². The van der Waals surface area contributed by atoms with Gasteiger partial charge in [0.2, 0.25) is 5.43 Å². The lowest BCUT2D eigenvalue weighted by molar-refractivity contribution is 0.655. The maximum Gasteiger partial charge on any atom is 0.269 e. The molecule has 0 fully saturated rings. The highest BCUT2D eigenvalue weighted by molar-refractivity contribution is 14.1. The van der Waals surface area contributed by atoms with Gasteiger partial charge in [-0.3, -0.25) is 9.59 Å². The molecule has 0 saturated heterocycles. The average molecular weight is 266 g/mol. The lowest BCUT2D eigenvalue weighted by atomic mass is 9.98. The van der Waals surface area contributed by atoms with Crippen molar-refractivity contribution in [2.75, 3.05) is 0 Å². The molecule has 1 rings (SSSR count). The van der Waals surface area contributed by atoms with Gasteiger partial charge in [0.15, 0.2) is 28.8 Å². The van der Waals surface area contributed by atoms with Gasteiger partial charge in [-0.2, -0.15) is 0 Å². The standard InChI is InChI=1S/C7H7IO3/c1-3(2)4-5(9)6(10)7(4)11-8/h3H,1-2H3. The number of halogens is 1. The fourth-order valence-electron chi connectivity index (χ4n) is 0.989. The Morgan fingerprint density at radius 2 is 1.82 bits per heavy atom. The van der Waals surface area contributed by atoms with E-state index in [4.69, 9.17) is 3.07 Å². The molecule has 1 aromatic carbocycles. The van der Waals surface area contributed by atoms with Crippen LogP contribution in [0.5, 0.6) is 5.75 Å². The topological polar surface area (TPSA) is 43.4 Å². The van der Waals surface area contributed by atoms with E-state index in [9.17, 15) is 9.59 Å². The number of rotatable bonds is 2. The number of hydrogen-bond donors (Lipinski definition) is 0. The summed E-state index contributed by atoms with van der Waals surface area (Å²) in [5.41, 5.74) is -0.376. The van der Waals surface area contributed by atoms with Gasteiger partial charge in [-0.15, -0.1) is 0 Å². The summed E-state index contributed by atoms with van der Waals surface area (Å²) in [7, 11) is 0. The summed E-state index contributed by atoms with van der Waals surface area (Å²) in [6.45, 7) is 3.71. The minimum absolute atomic E-state index is 0.0740. The summed E-state index contributed by atoms with van der Waals surface area (Å²) >= 11 is 1.61. The Balaban J connectivity index is 3.19. The first kappa shape index (κ1) is 8.70. The predicted octanol–water partition coefficient (Wildman–Crippen LogP) is 1.13. The normalized spacial score (nSPS) is 10.9. The van der Waals surface area contributed by atoms with Crippen LogP contribution in [0, 0.1) is 0 Å². The fraction of sp³-hybridized carbons (Fsp3) is 0.429. The Morgan fingerprint density at radius 3 is 2.09 bits per heavy atom. The van der Waals surface area contributed by atoms with E-state index in [1.54, 1.807) is 23.0 Å².